The molecular formula is C20H37NO3. The molecule has 1 amide bonds. The van der Waals surface area contributed by atoms with Crippen LogP contribution in [0.2, 0.25) is 0 Å². The first-order valence-electron chi connectivity index (χ1n) is 9.68. The second kappa shape index (κ2) is 9.43. The van der Waals surface area contributed by atoms with Crippen molar-refractivity contribution in [2.45, 2.75) is 92.0 Å². The van der Waals surface area contributed by atoms with Crippen LogP contribution in [-0.2, 0) is 9.59 Å². The number of hydrogen-bond acceptors (Lipinski definition) is 2. The largest absolute Gasteiger partial charge is 0.480 e. The Morgan fingerprint density at radius 2 is 1.71 bits per heavy atom. The van der Waals surface area contributed by atoms with Gasteiger partial charge in [0, 0.05) is 5.41 Å². The number of rotatable bonds is 9. The third-order valence-corrected chi connectivity index (χ3v) is 5.46. The Bertz CT molecular complexity index is 409. The zero-order valence-electron chi connectivity index (χ0n) is 16.2. The van der Waals surface area contributed by atoms with Crippen LogP contribution in [0, 0.1) is 23.2 Å². The molecule has 0 heterocycles. The minimum Gasteiger partial charge on any atom is -0.480 e. The van der Waals surface area contributed by atoms with Crippen LogP contribution < -0.4 is 5.32 Å². The van der Waals surface area contributed by atoms with E-state index in [2.05, 4.69) is 19.2 Å². The van der Waals surface area contributed by atoms with Crippen molar-refractivity contribution in [3.8, 4) is 0 Å². The molecular weight excluding hydrogens is 302 g/mol. The quantitative estimate of drug-likeness (QED) is 0.644. The lowest BCUT2D eigenvalue weighted by Crippen LogP contribution is -2.49. The van der Waals surface area contributed by atoms with Crippen LogP contribution in [0.15, 0.2) is 0 Å². The lowest BCUT2D eigenvalue weighted by Gasteiger charge is -2.37. The predicted molar refractivity (Wildman–Crippen MR) is 97.8 cm³/mol. The minimum absolute atomic E-state index is 0.0730. The molecule has 2 N–H and O–H groups in total. The maximum atomic E-state index is 12.7. The van der Waals surface area contributed by atoms with E-state index in [1.807, 2.05) is 20.8 Å². The van der Waals surface area contributed by atoms with Gasteiger partial charge < -0.3 is 10.4 Å². The average molecular weight is 340 g/mol. The van der Waals surface area contributed by atoms with E-state index in [9.17, 15) is 14.7 Å². The van der Waals surface area contributed by atoms with Gasteiger partial charge in [0.15, 0.2) is 0 Å². The number of carboxylic acids is 1. The Morgan fingerprint density at radius 1 is 1.12 bits per heavy atom. The van der Waals surface area contributed by atoms with Crippen molar-refractivity contribution in [2.24, 2.45) is 23.2 Å². The van der Waals surface area contributed by atoms with Crippen LogP contribution in [0.3, 0.4) is 0 Å². The van der Waals surface area contributed by atoms with E-state index in [4.69, 9.17) is 0 Å². The number of carboxylic acid groups (broad SMARTS) is 1. The Labute approximate surface area is 147 Å². The Kier molecular flexibility index (Phi) is 8.24. The molecule has 1 fully saturated rings. The van der Waals surface area contributed by atoms with Gasteiger partial charge in [-0.25, -0.2) is 4.79 Å². The highest BCUT2D eigenvalue weighted by atomic mass is 16.4. The van der Waals surface area contributed by atoms with Gasteiger partial charge in [-0.3, -0.25) is 4.79 Å². The normalized spacial score (nSPS) is 25.7. The molecule has 1 unspecified atom stereocenters. The Hall–Kier alpha value is -1.06. The number of carbonyl (C=O) groups excluding carboxylic acids is 1. The maximum absolute atomic E-state index is 12.7. The molecule has 0 saturated heterocycles. The van der Waals surface area contributed by atoms with E-state index in [0.29, 0.717) is 6.42 Å². The summed E-state index contributed by atoms with van der Waals surface area (Å²) in [5.74, 6) is 0.740. The van der Waals surface area contributed by atoms with Gasteiger partial charge >= 0.3 is 5.97 Å². The highest BCUT2D eigenvalue weighted by molar-refractivity contribution is 5.87. The zero-order chi connectivity index (χ0) is 18.3. The SMILES string of the molecule is CC(C)CCCC1CCC(C)(C(=O)NC(CC(C)C)C(=O)O)CC1. The van der Waals surface area contributed by atoms with Crippen LogP contribution in [0.1, 0.15) is 86.0 Å². The van der Waals surface area contributed by atoms with Crippen LogP contribution in [0.5, 0.6) is 0 Å². The second-order valence-corrected chi connectivity index (χ2v) is 8.82. The molecule has 0 spiro atoms. The standard InChI is InChI=1S/C20H37NO3/c1-14(2)7-6-8-16-9-11-20(5,12-10-16)19(24)21-17(18(22)23)13-15(3)4/h14-17H,6-13H2,1-5H3,(H,21,24)(H,22,23). The van der Waals surface area contributed by atoms with E-state index in [-0.39, 0.29) is 11.8 Å². The molecule has 0 aromatic heterocycles. The van der Waals surface area contributed by atoms with E-state index >= 15 is 0 Å². The highest BCUT2D eigenvalue weighted by Gasteiger charge is 2.38. The van der Waals surface area contributed by atoms with Gasteiger partial charge in [0.1, 0.15) is 6.04 Å². The monoisotopic (exact) mass is 339 g/mol. The molecule has 24 heavy (non-hydrogen) atoms. The zero-order valence-corrected chi connectivity index (χ0v) is 16.2. The van der Waals surface area contributed by atoms with E-state index in [1.54, 1.807) is 0 Å². The number of aliphatic carboxylic acids is 1. The van der Waals surface area contributed by atoms with Crippen molar-refractivity contribution in [1.82, 2.24) is 5.32 Å². The molecule has 4 nitrogen and oxygen atoms in total. The smallest absolute Gasteiger partial charge is 0.326 e. The second-order valence-electron chi connectivity index (χ2n) is 8.82. The Balaban J connectivity index is 2.49. The van der Waals surface area contributed by atoms with Gasteiger partial charge in [-0.2, -0.15) is 0 Å². The van der Waals surface area contributed by atoms with Crippen LogP contribution >= 0.6 is 0 Å². The summed E-state index contributed by atoms with van der Waals surface area (Å²) >= 11 is 0. The summed E-state index contributed by atoms with van der Waals surface area (Å²) in [7, 11) is 0. The summed E-state index contributed by atoms with van der Waals surface area (Å²) in [6.45, 7) is 10.5. The highest BCUT2D eigenvalue weighted by Crippen LogP contribution is 2.40. The van der Waals surface area contributed by atoms with Gasteiger partial charge in [0.2, 0.25) is 5.91 Å². The number of hydrogen-bond donors (Lipinski definition) is 2. The number of amides is 1. The van der Waals surface area contributed by atoms with Crippen LogP contribution in [-0.4, -0.2) is 23.0 Å². The van der Waals surface area contributed by atoms with E-state index in [1.165, 1.54) is 19.3 Å². The van der Waals surface area contributed by atoms with Crippen LogP contribution in [0.25, 0.3) is 0 Å². The third kappa shape index (κ3) is 6.82. The first kappa shape index (κ1) is 21.0. The lowest BCUT2D eigenvalue weighted by molar-refractivity contribution is -0.144. The van der Waals surface area contributed by atoms with E-state index in [0.717, 1.165) is 37.5 Å². The van der Waals surface area contributed by atoms with Gasteiger partial charge in [0.05, 0.1) is 0 Å². The first-order chi connectivity index (χ1) is 11.1. The molecule has 1 aliphatic rings. The van der Waals surface area contributed by atoms with Crippen molar-refractivity contribution in [3.63, 3.8) is 0 Å². The molecule has 0 radical (unpaired) electrons. The topological polar surface area (TPSA) is 66.4 Å². The minimum atomic E-state index is -0.928. The fraction of sp³-hybridized carbons (Fsp3) is 0.900. The number of carbonyl (C=O) groups is 2. The van der Waals surface area contributed by atoms with E-state index < -0.39 is 17.4 Å². The average Bonchev–Trinajstić information content (AvgIpc) is 2.47. The fourth-order valence-electron chi connectivity index (χ4n) is 3.67. The van der Waals surface area contributed by atoms with Crippen molar-refractivity contribution in [2.75, 3.05) is 0 Å². The predicted octanol–water partition coefficient (Wildman–Crippen LogP) is 4.62. The summed E-state index contributed by atoms with van der Waals surface area (Å²) in [5, 5.41) is 12.1. The van der Waals surface area contributed by atoms with Crippen LogP contribution in [0.4, 0.5) is 0 Å². The number of nitrogens with one attached hydrogen (secondary N) is 1. The first-order valence-corrected chi connectivity index (χ1v) is 9.68. The van der Waals surface area contributed by atoms with Crippen molar-refractivity contribution in [1.29, 1.82) is 0 Å². The fourth-order valence-corrected chi connectivity index (χ4v) is 3.67. The molecule has 0 aromatic rings. The molecule has 1 aliphatic carbocycles. The van der Waals surface area contributed by atoms with Crippen molar-refractivity contribution < 1.29 is 14.7 Å². The molecule has 1 saturated carbocycles. The summed E-state index contributed by atoms with van der Waals surface area (Å²) in [6.07, 6.45) is 8.23. The van der Waals surface area contributed by atoms with Crippen molar-refractivity contribution in [3.05, 3.63) is 0 Å². The molecule has 140 valence electrons. The third-order valence-electron chi connectivity index (χ3n) is 5.46. The van der Waals surface area contributed by atoms with Gasteiger partial charge in [-0.1, -0.05) is 53.9 Å². The van der Waals surface area contributed by atoms with Crippen molar-refractivity contribution >= 4 is 11.9 Å². The summed E-state index contributed by atoms with van der Waals surface area (Å²) in [5.41, 5.74) is -0.404. The Morgan fingerprint density at radius 3 is 2.17 bits per heavy atom. The summed E-state index contributed by atoms with van der Waals surface area (Å²) < 4.78 is 0. The van der Waals surface area contributed by atoms with Gasteiger partial charge in [-0.05, 0) is 49.9 Å². The molecule has 0 bridgehead atoms. The lowest BCUT2D eigenvalue weighted by atomic mass is 9.70. The summed E-state index contributed by atoms with van der Waals surface area (Å²) in [4.78, 5) is 24.0. The summed E-state index contributed by atoms with van der Waals surface area (Å²) in [6, 6.07) is -0.766. The van der Waals surface area contributed by atoms with Gasteiger partial charge in [-0.15, -0.1) is 0 Å². The molecule has 0 aliphatic heterocycles. The molecule has 0 aromatic carbocycles. The maximum Gasteiger partial charge on any atom is 0.326 e. The molecule has 4 heteroatoms. The molecule has 1 atom stereocenters. The molecule has 1 rings (SSSR count). The van der Waals surface area contributed by atoms with Gasteiger partial charge in [0.25, 0.3) is 0 Å².